The van der Waals surface area contributed by atoms with Gasteiger partial charge in [-0.15, -0.1) is 0 Å². The molecule has 27 heavy (non-hydrogen) atoms. The maximum absolute atomic E-state index is 14.1. The fourth-order valence-electron chi connectivity index (χ4n) is 4.27. The number of ketones is 2. The fourth-order valence-corrected chi connectivity index (χ4v) is 4.27. The van der Waals surface area contributed by atoms with Crippen molar-refractivity contribution in [2.45, 2.75) is 6.42 Å². The lowest BCUT2D eigenvalue weighted by Gasteiger charge is -2.26. The van der Waals surface area contributed by atoms with Gasteiger partial charge in [0.15, 0.2) is 11.6 Å². The maximum Gasteiger partial charge on any atom is 0.170 e. The van der Waals surface area contributed by atoms with E-state index in [4.69, 9.17) is 0 Å². The second kappa shape index (κ2) is 6.44. The van der Waals surface area contributed by atoms with Gasteiger partial charge in [-0.2, -0.15) is 0 Å². The van der Waals surface area contributed by atoms with Gasteiger partial charge in [0.1, 0.15) is 23.3 Å². The second-order valence-electron chi connectivity index (χ2n) is 6.98. The molecule has 2 aromatic carbocycles. The highest BCUT2D eigenvalue weighted by molar-refractivity contribution is 6.06. The van der Waals surface area contributed by atoms with Gasteiger partial charge in [-0.1, -0.05) is 12.2 Å². The quantitative estimate of drug-likeness (QED) is 0.440. The van der Waals surface area contributed by atoms with Gasteiger partial charge in [0.2, 0.25) is 0 Å². The lowest BCUT2D eigenvalue weighted by Crippen LogP contribution is -2.34. The normalized spacial score (nSPS) is 25.8. The molecule has 0 heterocycles. The Kier molecular flexibility index (Phi) is 4.21. The average molecular weight is 374 g/mol. The van der Waals surface area contributed by atoms with E-state index in [1.807, 2.05) is 0 Å². The molecule has 4 atom stereocenters. The molecule has 0 aromatic heterocycles. The zero-order valence-electron chi connectivity index (χ0n) is 14.0. The highest BCUT2D eigenvalue weighted by Crippen LogP contribution is 2.50. The number of Topliss-reactive ketones (excluding diaryl/α,β-unsaturated/α-hetero) is 2. The molecule has 0 saturated heterocycles. The first-order valence-electron chi connectivity index (χ1n) is 8.53. The smallest absolute Gasteiger partial charge is 0.170 e. The Labute approximate surface area is 152 Å². The van der Waals surface area contributed by atoms with Crippen molar-refractivity contribution >= 4 is 11.6 Å². The van der Waals surface area contributed by atoms with Gasteiger partial charge in [0, 0.05) is 24.0 Å². The number of hydrogen-bond donors (Lipinski definition) is 0. The molecule has 4 rings (SSSR count). The topological polar surface area (TPSA) is 34.1 Å². The first-order valence-corrected chi connectivity index (χ1v) is 8.53. The van der Waals surface area contributed by atoms with Gasteiger partial charge < -0.3 is 0 Å². The Morgan fingerprint density at radius 2 is 1.11 bits per heavy atom. The largest absolute Gasteiger partial charge is 0.294 e. The number of allylic oxidation sites excluding steroid dienone is 2. The highest BCUT2D eigenvalue weighted by atomic mass is 19.1. The zero-order chi connectivity index (χ0) is 19.3. The molecule has 6 heteroatoms. The van der Waals surface area contributed by atoms with E-state index in [0.29, 0.717) is 18.6 Å². The minimum atomic E-state index is -0.995. The van der Waals surface area contributed by atoms with Gasteiger partial charge in [0.05, 0.1) is 11.1 Å². The third-order valence-corrected chi connectivity index (χ3v) is 5.46. The van der Waals surface area contributed by atoms with Crippen molar-refractivity contribution in [2.24, 2.45) is 23.7 Å². The summed E-state index contributed by atoms with van der Waals surface area (Å²) < 4.78 is 54.5. The number of halogens is 4. The van der Waals surface area contributed by atoms with Crippen molar-refractivity contribution in [3.63, 3.8) is 0 Å². The van der Waals surface area contributed by atoms with Crippen LogP contribution >= 0.6 is 0 Å². The molecule has 4 unspecified atom stereocenters. The van der Waals surface area contributed by atoms with Crippen LogP contribution in [0.1, 0.15) is 27.1 Å². The van der Waals surface area contributed by atoms with Crippen molar-refractivity contribution < 1.29 is 27.2 Å². The Morgan fingerprint density at radius 1 is 0.704 bits per heavy atom. The Bertz CT molecular complexity index is 905. The van der Waals surface area contributed by atoms with E-state index in [9.17, 15) is 27.2 Å². The van der Waals surface area contributed by atoms with Crippen LogP contribution in [0.15, 0.2) is 48.6 Å². The van der Waals surface area contributed by atoms with Crippen molar-refractivity contribution in [2.75, 3.05) is 0 Å². The molecule has 1 saturated carbocycles. The standard InChI is InChI=1S/C21H14F4O2/c22-12-3-5-14(16(24)8-12)20(26)18-10-1-2-11(7-10)19(18)21(27)15-6-4-13(23)9-17(15)25/h1-6,8-11,18-19H,7H2. The molecular formula is C21H14F4O2. The number of carbonyl (C=O) groups excluding carboxylic acids is 2. The predicted octanol–water partition coefficient (Wildman–Crippen LogP) is 4.75. The van der Waals surface area contributed by atoms with Crippen LogP contribution in [0.3, 0.4) is 0 Å². The van der Waals surface area contributed by atoms with Crippen molar-refractivity contribution in [1.82, 2.24) is 0 Å². The van der Waals surface area contributed by atoms with Crippen LogP contribution in [0.4, 0.5) is 17.6 Å². The van der Waals surface area contributed by atoms with Crippen molar-refractivity contribution in [1.29, 1.82) is 0 Å². The van der Waals surface area contributed by atoms with Crippen LogP contribution in [0, 0.1) is 46.9 Å². The molecule has 0 N–H and O–H groups in total. The molecule has 0 aliphatic heterocycles. The SMILES string of the molecule is O=C(c1ccc(F)cc1F)C1C2C=CC(C2)C1C(=O)c1ccc(F)cc1F. The third kappa shape index (κ3) is 2.89. The summed E-state index contributed by atoms with van der Waals surface area (Å²) in [6, 6.07) is 5.32. The number of benzene rings is 2. The van der Waals surface area contributed by atoms with Crippen LogP contribution in [-0.4, -0.2) is 11.6 Å². The molecular weight excluding hydrogens is 360 g/mol. The molecule has 0 radical (unpaired) electrons. The van der Waals surface area contributed by atoms with E-state index in [1.54, 1.807) is 12.2 Å². The van der Waals surface area contributed by atoms with Crippen LogP contribution in [0.2, 0.25) is 0 Å². The summed E-state index contributed by atoms with van der Waals surface area (Å²) >= 11 is 0. The Hall–Kier alpha value is -2.76. The Morgan fingerprint density at radius 3 is 1.48 bits per heavy atom. The van der Waals surface area contributed by atoms with Gasteiger partial charge in [0.25, 0.3) is 0 Å². The fraction of sp³-hybridized carbons (Fsp3) is 0.238. The minimum Gasteiger partial charge on any atom is -0.294 e. The van der Waals surface area contributed by atoms with Crippen LogP contribution in [0.25, 0.3) is 0 Å². The van der Waals surface area contributed by atoms with Crippen LogP contribution < -0.4 is 0 Å². The molecule has 1 fully saturated rings. The highest BCUT2D eigenvalue weighted by Gasteiger charge is 2.52. The van der Waals surface area contributed by atoms with E-state index >= 15 is 0 Å². The monoisotopic (exact) mass is 374 g/mol. The third-order valence-electron chi connectivity index (χ3n) is 5.46. The van der Waals surface area contributed by atoms with Gasteiger partial charge in [-0.05, 0) is 42.5 Å². The first-order chi connectivity index (χ1) is 12.9. The number of hydrogen-bond acceptors (Lipinski definition) is 2. The summed E-state index contributed by atoms with van der Waals surface area (Å²) in [6.07, 6.45) is 4.14. The predicted molar refractivity (Wildman–Crippen MR) is 89.1 cm³/mol. The number of fused-ring (bicyclic) bond motifs is 2. The lowest BCUT2D eigenvalue weighted by molar-refractivity contribution is 0.0747. The molecule has 0 amide bonds. The summed E-state index contributed by atoms with van der Waals surface area (Å²) in [4.78, 5) is 25.9. The van der Waals surface area contributed by atoms with Crippen LogP contribution in [-0.2, 0) is 0 Å². The van der Waals surface area contributed by atoms with Crippen molar-refractivity contribution in [3.8, 4) is 0 Å². The molecule has 2 aromatic rings. The van der Waals surface area contributed by atoms with E-state index in [0.717, 1.165) is 24.3 Å². The first kappa shape index (κ1) is 17.6. The van der Waals surface area contributed by atoms with E-state index in [1.165, 1.54) is 0 Å². The second-order valence-corrected chi connectivity index (χ2v) is 6.98. The molecule has 2 bridgehead atoms. The number of rotatable bonds is 4. The molecule has 2 nitrogen and oxygen atoms in total. The van der Waals surface area contributed by atoms with E-state index < -0.39 is 46.7 Å². The average Bonchev–Trinajstić information content (AvgIpc) is 3.22. The lowest BCUT2D eigenvalue weighted by atomic mass is 9.75. The summed E-state index contributed by atoms with van der Waals surface area (Å²) in [7, 11) is 0. The zero-order valence-corrected chi connectivity index (χ0v) is 14.0. The van der Waals surface area contributed by atoms with Gasteiger partial charge >= 0.3 is 0 Å². The van der Waals surface area contributed by atoms with E-state index in [-0.39, 0.29) is 23.0 Å². The Balaban J connectivity index is 1.72. The summed E-state index contributed by atoms with van der Waals surface area (Å²) in [5.41, 5.74) is -0.584. The molecule has 138 valence electrons. The molecule has 2 aliphatic carbocycles. The maximum atomic E-state index is 14.1. The summed E-state index contributed by atoms with van der Waals surface area (Å²) in [5, 5.41) is 0. The molecule has 0 spiro atoms. The van der Waals surface area contributed by atoms with E-state index in [2.05, 4.69) is 0 Å². The number of carbonyl (C=O) groups is 2. The van der Waals surface area contributed by atoms with Gasteiger partial charge in [-0.3, -0.25) is 9.59 Å². The minimum absolute atomic E-state index is 0.274. The molecule has 2 aliphatic rings. The summed E-state index contributed by atoms with van der Waals surface area (Å²) in [5.74, 6) is -7.09. The van der Waals surface area contributed by atoms with Crippen LogP contribution in [0.5, 0.6) is 0 Å². The summed E-state index contributed by atoms with van der Waals surface area (Å²) in [6.45, 7) is 0. The van der Waals surface area contributed by atoms with Gasteiger partial charge in [-0.25, -0.2) is 17.6 Å². The van der Waals surface area contributed by atoms with Crippen molar-refractivity contribution in [3.05, 3.63) is 82.9 Å².